The van der Waals surface area contributed by atoms with Gasteiger partial charge in [-0.25, -0.2) is 8.42 Å². The molecule has 0 heterocycles. The number of nitrogens with zero attached hydrogens (tertiary/aromatic N) is 1. The summed E-state index contributed by atoms with van der Waals surface area (Å²) in [6.45, 7) is 4.41. The standard InChI is InChI=1S/C20H23N3O7S/c1-12-5-6-15(9-13(12)2)20(25)14(3)30-19(24)11-22-31(28,29)16-7-8-17(21-4)18(10-16)23(26)27/h5-10,14,21-22H,11H2,1-4H3. The number of Topliss-reactive ketones (excluding diaryl/α,β-unsaturated/α-hetero) is 1. The predicted octanol–water partition coefficient (Wildman–Crippen LogP) is 2.35. The minimum atomic E-state index is -4.22. The van der Waals surface area contributed by atoms with Gasteiger partial charge in [0.2, 0.25) is 15.8 Å². The van der Waals surface area contributed by atoms with Crippen molar-refractivity contribution < 1.29 is 27.7 Å². The fraction of sp³-hybridized carbons (Fsp3) is 0.300. The van der Waals surface area contributed by atoms with Gasteiger partial charge in [0.05, 0.1) is 9.82 Å². The second-order valence-electron chi connectivity index (χ2n) is 6.81. The zero-order valence-electron chi connectivity index (χ0n) is 17.5. The maximum Gasteiger partial charge on any atom is 0.321 e. The van der Waals surface area contributed by atoms with Gasteiger partial charge in [-0.1, -0.05) is 12.1 Å². The number of esters is 1. The Balaban J connectivity index is 2.04. The van der Waals surface area contributed by atoms with Gasteiger partial charge in [0.15, 0.2) is 6.10 Å². The lowest BCUT2D eigenvalue weighted by Gasteiger charge is -2.14. The molecule has 1 atom stereocenters. The van der Waals surface area contributed by atoms with E-state index in [1.54, 1.807) is 18.2 Å². The molecule has 11 heteroatoms. The molecular weight excluding hydrogens is 426 g/mol. The van der Waals surface area contributed by atoms with Gasteiger partial charge >= 0.3 is 5.97 Å². The van der Waals surface area contributed by atoms with Crippen molar-refractivity contribution in [2.24, 2.45) is 0 Å². The Labute approximate surface area is 179 Å². The normalized spacial score (nSPS) is 12.1. The zero-order valence-corrected chi connectivity index (χ0v) is 18.3. The van der Waals surface area contributed by atoms with Crippen LogP contribution in [0.3, 0.4) is 0 Å². The van der Waals surface area contributed by atoms with Crippen LogP contribution in [0.4, 0.5) is 11.4 Å². The first kappa shape index (κ1) is 24.0. The van der Waals surface area contributed by atoms with Crippen LogP contribution in [0.2, 0.25) is 0 Å². The number of ketones is 1. The highest BCUT2D eigenvalue weighted by molar-refractivity contribution is 7.89. The highest BCUT2D eigenvalue weighted by Gasteiger charge is 2.24. The number of anilines is 1. The fourth-order valence-electron chi connectivity index (χ4n) is 2.70. The van der Waals surface area contributed by atoms with Crippen LogP contribution in [0.15, 0.2) is 41.3 Å². The van der Waals surface area contributed by atoms with E-state index in [0.717, 1.165) is 17.2 Å². The Kier molecular flexibility index (Phi) is 7.47. The maximum atomic E-state index is 12.4. The molecule has 166 valence electrons. The molecule has 2 rings (SSSR count). The number of hydrogen-bond acceptors (Lipinski definition) is 8. The number of hydrogen-bond donors (Lipinski definition) is 2. The third-order valence-electron chi connectivity index (χ3n) is 4.62. The summed E-state index contributed by atoms with van der Waals surface area (Å²) >= 11 is 0. The summed E-state index contributed by atoms with van der Waals surface area (Å²) in [5, 5.41) is 13.7. The number of carbonyl (C=O) groups is 2. The first-order valence-corrected chi connectivity index (χ1v) is 10.7. The maximum absolute atomic E-state index is 12.4. The van der Waals surface area contributed by atoms with Gasteiger partial charge < -0.3 is 10.1 Å². The molecule has 31 heavy (non-hydrogen) atoms. The van der Waals surface area contributed by atoms with Gasteiger partial charge in [-0.2, -0.15) is 4.72 Å². The van der Waals surface area contributed by atoms with Crippen LogP contribution in [0.1, 0.15) is 28.4 Å². The van der Waals surface area contributed by atoms with E-state index in [2.05, 4.69) is 5.32 Å². The first-order valence-electron chi connectivity index (χ1n) is 9.23. The number of nitro groups is 1. The highest BCUT2D eigenvalue weighted by atomic mass is 32.2. The second-order valence-corrected chi connectivity index (χ2v) is 8.57. The number of nitrogens with one attached hydrogen (secondary N) is 2. The molecule has 0 aliphatic carbocycles. The van der Waals surface area contributed by atoms with Crippen molar-refractivity contribution in [3.8, 4) is 0 Å². The Morgan fingerprint density at radius 2 is 1.81 bits per heavy atom. The lowest BCUT2D eigenvalue weighted by atomic mass is 10.0. The monoisotopic (exact) mass is 449 g/mol. The Bertz CT molecular complexity index is 1130. The molecule has 0 bridgehead atoms. The summed E-state index contributed by atoms with van der Waals surface area (Å²) in [6, 6.07) is 8.38. The van der Waals surface area contributed by atoms with Gasteiger partial charge in [-0.15, -0.1) is 0 Å². The molecule has 0 saturated carbocycles. The minimum Gasteiger partial charge on any atom is -0.453 e. The molecule has 10 nitrogen and oxygen atoms in total. The average Bonchev–Trinajstić information content (AvgIpc) is 2.73. The molecule has 0 spiro atoms. The summed E-state index contributed by atoms with van der Waals surface area (Å²) in [5.74, 6) is -1.38. The SMILES string of the molecule is CNc1ccc(S(=O)(=O)NCC(=O)OC(C)C(=O)c2ccc(C)c(C)c2)cc1[N+](=O)[O-]. The average molecular weight is 449 g/mol. The van der Waals surface area contributed by atoms with E-state index in [-0.39, 0.29) is 10.6 Å². The van der Waals surface area contributed by atoms with Crippen molar-refractivity contribution in [2.45, 2.75) is 31.8 Å². The van der Waals surface area contributed by atoms with E-state index < -0.39 is 45.0 Å². The summed E-state index contributed by atoms with van der Waals surface area (Å²) in [5.41, 5.74) is 2.01. The number of carbonyl (C=O) groups excluding carboxylic acids is 2. The lowest BCUT2D eigenvalue weighted by molar-refractivity contribution is -0.384. The molecule has 0 aliphatic heterocycles. The minimum absolute atomic E-state index is 0.141. The topological polar surface area (TPSA) is 145 Å². The molecule has 0 aliphatic rings. The van der Waals surface area contributed by atoms with Crippen LogP contribution in [0, 0.1) is 24.0 Å². The highest BCUT2D eigenvalue weighted by Crippen LogP contribution is 2.27. The number of nitro benzene ring substituents is 1. The van der Waals surface area contributed by atoms with Gasteiger partial charge in [-0.05, 0) is 50.1 Å². The molecule has 0 fully saturated rings. The fourth-order valence-corrected chi connectivity index (χ4v) is 3.69. The van der Waals surface area contributed by atoms with Gasteiger partial charge in [-0.3, -0.25) is 19.7 Å². The molecular formula is C20H23N3O7S. The second kappa shape index (κ2) is 9.67. The van der Waals surface area contributed by atoms with E-state index in [4.69, 9.17) is 4.74 Å². The number of aryl methyl sites for hydroxylation is 2. The van der Waals surface area contributed by atoms with Crippen LogP contribution in [-0.4, -0.2) is 44.8 Å². The van der Waals surface area contributed by atoms with Crippen molar-refractivity contribution in [1.29, 1.82) is 0 Å². The Morgan fingerprint density at radius 3 is 2.39 bits per heavy atom. The Morgan fingerprint density at radius 1 is 1.13 bits per heavy atom. The summed E-state index contributed by atoms with van der Waals surface area (Å²) in [6.07, 6.45) is -1.12. The van der Waals surface area contributed by atoms with Gasteiger partial charge in [0.1, 0.15) is 12.2 Å². The molecule has 0 amide bonds. The molecule has 0 saturated heterocycles. The van der Waals surface area contributed by atoms with Crippen LogP contribution < -0.4 is 10.0 Å². The molecule has 2 aromatic rings. The number of ether oxygens (including phenoxy) is 1. The van der Waals surface area contributed by atoms with E-state index >= 15 is 0 Å². The van der Waals surface area contributed by atoms with E-state index in [1.807, 2.05) is 18.6 Å². The molecule has 2 N–H and O–H groups in total. The van der Waals surface area contributed by atoms with Gasteiger partial charge in [0.25, 0.3) is 5.69 Å². The predicted molar refractivity (Wildman–Crippen MR) is 114 cm³/mol. The van der Waals surface area contributed by atoms with Crippen LogP contribution in [0.5, 0.6) is 0 Å². The van der Waals surface area contributed by atoms with E-state index in [9.17, 15) is 28.1 Å². The summed E-state index contributed by atoms with van der Waals surface area (Å²) in [7, 11) is -2.76. The summed E-state index contributed by atoms with van der Waals surface area (Å²) < 4.78 is 31.8. The smallest absolute Gasteiger partial charge is 0.321 e. The van der Waals surface area contributed by atoms with Crippen molar-refractivity contribution >= 4 is 33.2 Å². The number of sulfonamides is 1. The molecule has 0 aromatic heterocycles. The summed E-state index contributed by atoms with van der Waals surface area (Å²) in [4.78, 5) is 34.5. The first-order chi connectivity index (χ1) is 14.5. The number of rotatable bonds is 9. The van der Waals surface area contributed by atoms with E-state index in [1.165, 1.54) is 26.1 Å². The third-order valence-corrected chi connectivity index (χ3v) is 6.02. The van der Waals surface area contributed by atoms with Crippen molar-refractivity contribution in [3.05, 3.63) is 63.2 Å². The molecule has 0 radical (unpaired) electrons. The van der Waals surface area contributed by atoms with Crippen LogP contribution in [-0.2, 0) is 19.6 Å². The van der Waals surface area contributed by atoms with Crippen molar-refractivity contribution in [3.63, 3.8) is 0 Å². The van der Waals surface area contributed by atoms with Crippen molar-refractivity contribution in [2.75, 3.05) is 18.9 Å². The lowest BCUT2D eigenvalue weighted by Crippen LogP contribution is -2.34. The largest absolute Gasteiger partial charge is 0.453 e. The van der Waals surface area contributed by atoms with Crippen molar-refractivity contribution in [1.82, 2.24) is 4.72 Å². The molecule has 2 aromatic carbocycles. The van der Waals surface area contributed by atoms with Crippen LogP contribution >= 0.6 is 0 Å². The quantitative estimate of drug-likeness (QED) is 0.257. The number of benzene rings is 2. The Hall–Kier alpha value is -3.31. The zero-order chi connectivity index (χ0) is 23.3. The van der Waals surface area contributed by atoms with E-state index in [0.29, 0.717) is 5.56 Å². The molecule has 1 unspecified atom stereocenters. The van der Waals surface area contributed by atoms with Gasteiger partial charge in [0, 0.05) is 18.7 Å². The van der Waals surface area contributed by atoms with Crippen LogP contribution in [0.25, 0.3) is 0 Å². The third kappa shape index (κ3) is 5.86.